The van der Waals surface area contributed by atoms with Crippen LogP contribution in [0.1, 0.15) is 55.8 Å². The van der Waals surface area contributed by atoms with E-state index in [-0.39, 0.29) is 17.5 Å². The van der Waals surface area contributed by atoms with Crippen LogP contribution in [0, 0.1) is 0 Å². The maximum atomic E-state index is 13.3. The van der Waals surface area contributed by atoms with Gasteiger partial charge in [-0.2, -0.15) is 0 Å². The molecular formula is C23H26BrN3O2. The van der Waals surface area contributed by atoms with Crippen molar-refractivity contribution in [1.82, 2.24) is 14.5 Å². The highest BCUT2D eigenvalue weighted by atomic mass is 79.9. The molecule has 1 heterocycles. The molecular weight excluding hydrogens is 430 g/mol. The minimum Gasteiger partial charge on any atom is -0.329 e. The summed E-state index contributed by atoms with van der Waals surface area (Å²) in [7, 11) is 0. The van der Waals surface area contributed by atoms with Crippen molar-refractivity contribution < 1.29 is 4.79 Å². The third-order valence-corrected chi connectivity index (χ3v) is 5.52. The van der Waals surface area contributed by atoms with Gasteiger partial charge in [-0.3, -0.25) is 14.2 Å². The lowest BCUT2D eigenvalue weighted by molar-refractivity contribution is 0.0679. The van der Waals surface area contributed by atoms with Crippen LogP contribution in [0.4, 0.5) is 0 Å². The van der Waals surface area contributed by atoms with Gasteiger partial charge in [0.25, 0.3) is 11.5 Å². The van der Waals surface area contributed by atoms with Gasteiger partial charge >= 0.3 is 0 Å². The van der Waals surface area contributed by atoms with Crippen molar-refractivity contribution in [3.63, 3.8) is 0 Å². The highest BCUT2D eigenvalue weighted by molar-refractivity contribution is 9.10. The second-order valence-electron chi connectivity index (χ2n) is 7.13. The van der Waals surface area contributed by atoms with Gasteiger partial charge in [0.1, 0.15) is 5.82 Å². The van der Waals surface area contributed by atoms with Gasteiger partial charge in [-0.1, -0.05) is 41.9 Å². The molecule has 0 aliphatic rings. The van der Waals surface area contributed by atoms with Crippen molar-refractivity contribution in [2.45, 2.75) is 46.2 Å². The van der Waals surface area contributed by atoms with Crippen molar-refractivity contribution in [2.75, 3.05) is 6.54 Å². The van der Waals surface area contributed by atoms with Gasteiger partial charge < -0.3 is 4.90 Å². The molecule has 0 aliphatic heterocycles. The predicted octanol–water partition coefficient (Wildman–Crippen LogP) is 5.18. The summed E-state index contributed by atoms with van der Waals surface area (Å²) in [6, 6.07) is 14.4. The molecule has 0 bridgehead atoms. The Morgan fingerprint density at radius 1 is 1.10 bits per heavy atom. The molecule has 29 heavy (non-hydrogen) atoms. The lowest BCUT2D eigenvalue weighted by atomic mass is 10.1. The summed E-state index contributed by atoms with van der Waals surface area (Å²) in [5.74, 6) is 0.576. The molecule has 5 nitrogen and oxygen atoms in total. The smallest absolute Gasteiger partial charge is 0.261 e. The number of amides is 1. The summed E-state index contributed by atoms with van der Waals surface area (Å²) in [5, 5.41) is 0.609. The maximum absolute atomic E-state index is 13.3. The minimum atomic E-state index is -0.324. The lowest BCUT2D eigenvalue weighted by Crippen LogP contribution is -2.38. The van der Waals surface area contributed by atoms with Gasteiger partial charge in [-0.25, -0.2) is 4.98 Å². The Bertz CT molecular complexity index is 1060. The average molecular weight is 456 g/mol. The summed E-state index contributed by atoms with van der Waals surface area (Å²) >= 11 is 3.41. The number of para-hydroxylation sites is 1. The largest absolute Gasteiger partial charge is 0.329 e. The molecule has 3 aromatic rings. The number of hydrogen-bond donors (Lipinski definition) is 0. The van der Waals surface area contributed by atoms with Crippen LogP contribution in [-0.4, -0.2) is 26.9 Å². The Kier molecular flexibility index (Phi) is 6.85. The monoisotopic (exact) mass is 455 g/mol. The molecule has 0 fully saturated rings. The van der Waals surface area contributed by atoms with Crippen LogP contribution < -0.4 is 5.56 Å². The first-order valence-electron chi connectivity index (χ1n) is 10.0. The molecule has 1 amide bonds. The fraction of sp³-hybridized carbons (Fsp3) is 0.348. The number of nitrogens with zero attached hydrogens (tertiary/aromatic N) is 3. The molecule has 0 radical (unpaired) electrons. The number of benzene rings is 2. The maximum Gasteiger partial charge on any atom is 0.261 e. The Balaban J connectivity index is 2.09. The zero-order chi connectivity index (χ0) is 21.0. The van der Waals surface area contributed by atoms with Crippen molar-refractivity contribution in [3.8, 4) is 0 Å². The van der Waals surface area contributed by atoms with Crippen LogP contribution in [0.2, 0.25) is 0 Å². The number of aromatic nitrogens is 2. The molecule has 0 spiro atoms. The topological polar surface area (TPSA) is 55.2 Å². The minimum absolute atomic E-state index is 0.0492. The van der Waals surface area contributed by atoms with E-state index in [0.29, 0.717) is 35.4 Å². The molecule has 1 atom stereocenters. The molecule has 1 aromatic heterocycles. The molecule has 0 aliphatic carbocycles. The van der Waals surface area contributed by atoms with Gasteiger partial charge in [0, 0.05) is 23.1 Å². The number of halogens is 1. The second kappa shape index (κ2) is 9.35. The van der Waals surface area contributed by atoms with Crippen LogP contribution in [0.3, 0.4) is 0 Å². The number of carbonyl (C=O) groups is 1. The normalized spacial score (nSPS) is 12.1. The number of rotatable bonds is 7. The molecule has 2 aromatic carbocycles. The van der Waals surface area contributed by atoms with E-state index in [1.165, 1.54) is 0 Å². The molecule has 1 unspecified atom stereocenters. The summed E-state index contributed by atoms with van der Waals surface area (Å²) < 4.78 is 2.65. The standard InChI is InChI=1S/C23H26BrN3O2/c1-4-14-26(22(28)17-10-12-18(24)13-11-17)16(3)21-25-20-9-7-6-8-19(20)23(29)27(21)15-5-2/h6-13,16H,4-5,14-15H2,1-3H3. The van der Waals surface area contributed by atoms with E-state index in [9.17, 15) is 9.59 Å². The van der Waals surface area contributed by atoms with Crippen LogP contribution in [0.15, 0.2) is 57.8 Å². The first kappa shape index (κ1) is 21.2. The van der Waals surface area contributed by atoms with E-state index in [1.807, 2.05) is 74.2 Å². The van der Waals surface area contributed by atoms with Gasteiger partial charge in [0.15, 0.2) is 0 Å². The Hall–Kier alpha value is -2.47. The van der Waals surface area contributed by atoms with Crippen molar-refractivity contribution in [3.05, 3.63) is 74.7 Å². The zero-order valence-electron chi connectivity index (χ0n) is 17.1. The fourth-order valence-corrected chi connectivity index (χ4v) is 3.82. The second-order valence-corrected chi connectivity index (χ2v) is 8.04. The SMILES string of the molecule is CCCN(C(=O)c1ccc(Br)cc1)C(C)c1nc2ccccc2c(=O)n1CCC. The molecule has 0 N–H and O–H groups in total. The summed E-state index contributed by atoms with van der Waals surface area (Å²) in [5.41, 5.74) is 1.24. The number of hydrogen-bond acceptors (Lipinski definition) is 3. The zero-order valence-corrected chi connectivity index (χ0v) is 18.6. The van der Waals surface area contributed by atoms with E-state index in [2.05, 4.69) is 15.9 Å². The molecule has 0 saturated carbocycles. The first-order valence-corrected chi connectivity index (χ1v) is 10.8. The Morgan fingerprint density at radius 2 is 1.79 bits per heavy atom. The number of fused-ring (bicyclic) bond motifs is 1. The van der Waals surface area contributed by atoms with E-state index in [0.717, 1.165) is 17.3 Å². The molecule has 152 valence electrons. The van der Waals surface area contributed by atoms with Gasteiger partial charge in [-0.05, 0) is 56.2 Å². The van der Waals surface area contributed by atoms with E-state index < -0.39 is 0 Å². The van der Waals surface area contributed by atoms with Gasteiger partial charge in [0.05, 0.1) is 16.9 Å². The molecule has 0 saturated heterocycles. The van der Waals surface area contributed by atoms with Crippen LogP contribution in [0.25, 0.3) is 10.9 Å². The average Bonchev–Trinajstić information content (AvgIpc) is 2.73. The lowest BCUT2D eigenvalue weighted by Gasteiger charge is -2.30. The summed E-state index contributed by atoms with van der Waals surface area (Å²) in [6.07, 6.45) is 1.63. The van der Waals surface area contributed by atoms with Crippen LogP contribution in [-0.2, 0) is 6.54 Å². The van der Waals surface area contributed by atoms with Crippen molar-refractivity contribution >= 4 is 32.7 Å². The van der Waals surface area contributed by atoms with Crippen molar-refractivity contribution in [2.24, 2.45) is 0 Å². The fourth-order valence-electron chi connectivity index (χ4n) is 3.55. The van der Waals surface area contributed by atoms with Crippen molar-refractivity contribution in [1.29, 1.82) is 0 Å². The number of carbonyl (C=O) groups excluding carboxylic acids is 1. The summed E-state index contributed by atoms with van der Waals surface area (Å²) in [4.78, 5) is 33.0. The van der Waals surface area contributed by atoms with E-state index in [1.54, 1.807) is 4.57 Å². The molecule has 3 rings (SSSR count). The Morgan fingerprint density at radius 3 is 2.45 bits per heavy atom. The third-order valence-electron chi connectivity index (χ3n) is 5.00. The van der Waals surface area contributed by atoms with Gasteiger partial charge in [0.2, 0.25) is 0 Å². The first-order chi connectivity index (χ1) is 14.0. The summed E-state index contributed by atoms with van der Waals surface area (Å²) in [6.45, 7) is 7.19. The Labute approximate surface area is 179 Å². The highest BCUT2D eigenvalue weighted by Crippen LogP contribution is 2.23. The van der Waals surface area contributed by atoms with Gasteiger partial charge in [-0.15, -0.1) is 0 Å². The van der Waals surface area contributed by atoms with E-state index >= 15 is 0 Å². The quantitative estimate of drug-likeness (QED) is 0.492. The molecule has 6 heteroatoms. The van der Waals surface area contributed by atoms with E-state index in [4.69, 9.17) is 4.98 Å². The third kappa shape index (κ3) is 4.42. The highest BCUT2D eigenvalue weighted by Gasteiger charge is 2.26. The van der Waals surface area contributed by atoms with Crippen LogP contribution in [0.5, 0.6) is 0 Å². The predicted molar refractivity (Wildman–Crippen MR) is 120 cm³/mol. The van der Waals surface area contributed by atoms with Crippen LogP contribution >= 0.6 is 15.9 Å².